The topological polar surface area (TPSA) is 76.9 Å². The Morgan fingerprint density at radius 3 is 2.61 bits per heavy atom. The van der Waals surface area contributed by atoms with Gasteiger partial charge in [0, 0.05) is 23.9 Å². The molecule has 1 aromatic heterocycles. The Morgan fingerprint density at radius 2 is 1.89 bits per heavy atom. The SMILES string of the molecule is CC(=O)c1cccc(NC(=O)C(C)Sc2nnc(-c3ccccc3Cl)n2C)c1. The van der Waals surface area contributed by atoms with Gasteiger partial charge in [-0.05, 0) is 38.1 Å². The van der Waals surface area contributed by atoms with Crippen molar-refractivity contribution in [3.05, 3.63) is 59.1 Å². The minimum absolute atomic E-state index is 0.0512. The Balaban J connectivity index is 1.72. The standard InChI is InChI=1S/C20H19ClN4O2S/c1-12(26)14-7-6-8-15(11-14)22-19(27)13(2)28-20-24-23-18(25(20)3)16-9-4-5-10-17(16)21/h4-11,13H,1-3H3,(H,22,27). The zero-order chi connectivity index (χ0) is 20.3. The van der Waals surface area contributed by atoms with Crippen molar-refractivity contribution in [1.82, 2.24) is 14.8 Å². The van der Waals surface area contributed by atoms with Crippen molar-refractivity contribution in [3.8, 4) is 11.4 Å². The fraction of sp³-hybridized carbons (Fsp3) is 0.200. The van der Waals surface area contributed by atoms with Gasteiger partial charge >= 0.3 is 0 Å². The number of ketones is 1. The molecule has 0 saturated heterocycles. The largest absolute Gasteiger partial charge is 0.325 e. The van der Waals surface area contributed by atoms with E-state index in [4.69, 9.17) is 11.6 Å². The predicted molar refractivity (Wildman–Crippen MR) is 112 cm³/mol. The normalized spacial score (nSPS) is 11.9. The van der Waals surface area contributed by atoms with Gasteiger partial charge in [0.2, 0.25) is 5.91 Å². The van der Waals surface area contributed by atoms with Gasteiger partial charge in [0.1, 0.15) is 0 Å². The second-order valence-electron chi connectivity index (χ2n) is 6.23. The maximum atomic E-state index is 12.5. The number of thioether (sulfide) groups is 1. The van der Waals surface area contributed by atoms with Crippen LogP contribution in [-0.2, 0) is 11.8 Å². The summed E-state index contributed by atoms with van der Waals surface area (Å²) in [7, 11) is 1.84. The first-order valence-corrected chi connectivity index (χ1v) is 9.85. The molecule has 3 rings (SSSR count). The molecule has 0 aliphatic heterocycles. The number of benzene rings is 2. The van der Waals surface area contributed by atoms with Crippen LogP contribution >= 0.6 is 23.4 Å². The molecule has 0 radical (unpaired) electrons. The monoisotopic (exact) mass is 414 g/mol. The molecule has 0 aliphatic carbocycles. The number of carbonyl (C=O) groups excluding carboxylic acids is 2. The van der Waals surface area contributed by atoms with E-state index in [1.54, 1.807) is 37.3 Å². The number of nitrogens with one attached hydrogen (secondary N) is 1. The lowest BCUT2D eigenvalue weighted by molar-refractivity contribution is -0.115. The van der Waals surface area contributed by atoms with Crippen molar-refractivity contribution in [2.24, 2.45) is 7.05 Å². The summed E-state index contributed by atoms with van der Waals surface area (Å²) in [6.07, 6.45) is 0. The quantitative estimate of drug-likeness (QED) is 0.476. The van der Waals surface area contributed by atoms with E-state index in [2.05, 4.69) is 15.5 Å². The second kappa shape index (κ2) is 8.58. The van der Waals surface area contributed by atoms with Crippen LogP contribution in [0.4, 0.5) is 5.69 Å². The predicted octanol–water partition coefficient (Wildman–Crippen LogP) is 4.46. The van der Waals surface area contributed by atoms with E-state index in [1.165, 1.54) is 18.7 Å². The summed E-state index contributed by atoms with van der Waals surface area (Å²) < 4.78 is 1.81. The summed E-state index contributed by atoms with van der Waals surface area (Å²) in [6, 6.07) is 14.3. The molecule has 0 saturated carbocycles. The average Bonchev–Trinajstić information content (AvgIpc) is 3.02. The van der Waals surface area contributed by atoms with Gasteiger partial charge in [-0.25, -0.2) is 0 Å². The molecule has 0 aliphatic rings. The highest BCUT2D eigenvalue weighted by Crippen LogP contribution is 2.30. The number of nitrogens with zero attached hydrogens (tertiary/aromatic N) is 3. The lowest BCUT2D eigenvalue weighted by Crippen LogP contribution is -2.23. The van der Waals surface area contributed by atoms with Crippen LogP contribution in [0.3, 0.4) is 0 Å². The van der Waals surface area contributed by atoms with Crippen molar-refractivity contribution < 1.29 is 9.59 Å². The highest BCUT2D eigenvalue weighted by molar-refractivity contribution is 8.00. The van der Waals surface area contributed by atoms with Gasteiger partial charge in [0.25, 0.3) is 0 Å². The minimum Gasteiger partial charge on any atom is -0.325 e. The van der Waals surface area contributed by atoms with E-state index in [0.717, 1.165) is 5.56 Å². The van der Waals surface area contributed by atoms with Crippen LogP contribution in [0.25, 0.3) is 11.4 Å². The van der Waals surface area contributed by atoms with Crippen LogP contribution in [0.15, 0.2) is 53.7 Å². The molecule has 6 nitrogen and oxygen atoms in total. The van der Waals surface area contributed by atoms with Gasteiger partial charge in [0.05, 0.1) is 10.3 Å². The van der Waals surface area contributed by atoms with Gasteiger partial charge < -0.3 is 9.88 Å². The Labute approximate surface area is 172 Å². The first-order chi connectivity index (χ1) is 13.4. The Hall–Kier alpha value is -2.64. The molecule has 28 heavy (non-hydrogen) atoms. The number of halogens is 1. The lowest BCUT2D eigenvalue weighted by Gasteiger charge is -2.12. The maximum Gasteiger partial charge on any atom is 0.237 e. The number of rotatable bonds is 6. The molecule has 1 N–H and O–H groups in total. The van der Waals surface area contributed by atoms with E-state index < -0.39 is 5.25 Å². The third kappa shape index (κ3) is 4.43. The number of anilines is 1. The second-order valence-corrected chi connectivity index (χ2v) is 7.95. The summed E-state index contributed by atoms with van der Waals surface area (Å²) >= 11 is 7.54. The fourth-order valence-corrected chi connectivity index (χ4v) is 3.60. The summed E-state index contributed by atoms with van der Waals surface area (Å²) in [5.74, 6) is 0.396. The highest BCUT2D eigenvalue weighted by Gasteiger charge is 2.20. The van der Waals surface area contributed by atoms with Crippen LogP contribution in [0.2, 0.25) is 5.02 Å². The van der Waals surface area contributed by atoms with Crippen molar-refractivity contribution in [3.63, 3.8) is 0 Å². The van der Waals surface area contributed by atoms with E-state index in [9.17, 15) is 9.59 Å². The van der Waals surface area contributed by atoms with Gasteiger partial charge in [-0.1, -0.05) is 47.6 Å². The molecule has 1 amide bonds. The Kier molecular flexibility index (Phi) is 6.16. The molecular weight excluding hydrogens is 396 g/mol. The van der Waals surface area contributed by atoms with E-state index in [1.807, 2.05) is 29.8 Å². The van der Waals surface area contributed by atoms with Gasteiger partial charge in [-0.3, -0.25) is 9.59 Å². The summed E-state index contributed by atoms with van der Waals surface area (Å²) in [5, 5.41) is 12.0. The molecule has 0 bridgehead atoms. The van der Waals surface area contributed by atoms with Crippen molar-refractivity contribution in [2.45, 2.75) is 24.3 Å². The molecular formula is C20H19ClN4O2S. The lowest BCUT2D eigenvalue weighted by atomic mass is 10.1. The van der Waals surface area contributed by atoms with Crippen LogP contribution in [0.1, 0.15) is 24.2 Å². The Bertz CT molecular complexity index is 1030. The van der Waals surface area contributed by atoms with Crippen LogP contribution in [-0.4, -0.2) is 31.7 Å². The molecule has 2 aromatic carbocycles. The number of Topliss-reactive ketones (excluding diaryl/α,β-unsaturated/α-hetero) is 1. The molecule has 1 unspecified atom stereocenters. The zero-order valence-electron chi connectivity index (χ0n) is 15.6. The third-order valence-corrected chi connectivity index (χ3v) is 5.60. The molecule has 1 heterocycles. The molecule has 144 valence electrons. The van der Waals surface area contributed by atoms with Gasteiger partial charge in [-0.15, -0.1) is 10.2 Å². The molecule has 0 fully saturated rings. The third-order valence-electron chi connectivity index (χ3n) is 4.14. The number of carbonyl (C=O) groups is 2. The van der Waals surface area contributed by atoms with E-state index >= 15 is 0 Å². The number of hydrogen-bond donors (Lipinski definition) is 1. The smallest absolute Gasteiger partial charge is 0.237 e. The van der Waals surface area contributed by atoms with Gasteiger partial charge in [0.15, 0.2) is 16.8 Å². The summed E-state index contributed by atoms with van der Waals surface area (Å²) in [5.41, 5.74) is 1.92. The molecule has 0 spiro atoms. The number of aromatic nitrogens is 3. The first kappa shape index (κ1) is 20.1. The Morgan fingerprint density at radius 1 is 1.14 bits per heavy atom. The number of amides is 1. The maximum absolute atomic E-state index is 12.5. The van der Waals surface area contributed by atoms with Crippen LogP contribution < -0.4 is 5.32 Å². The molecule has 8 heteroatoms. The van der Waals surface area contributed by atoms with Crippen molar-refractivity contribution in [1.29, 1.82) is 0 Å². The van der Waals surface area contributed by atoms with E-state index in [-0.39, 0.29) is 11.7 Å². The summed E-state index contributed by atoms with van der Waals surface area (Å²) in [6.45, 7) is 3.28. The highest BCUT2D eigenvalue weighted by atomic mass is 35.5. The van der Waals surface area contributed by atoms with Crippen LogP contribution in [0.5, 0.6) is 0 Å². The zero-order valence-corrected chi connectivity index (χ0v) is 17.2. The average molecular weight is 415 g/mol. The van der Waals surface area contributed by atoms with Gasteiger partial charge in [-0.2, -0.15) is 0 Å². The first-order valence-electron chi connectivity index (χ1n) is 8.59. The van der Waals surface area contributed by atoms with E-state index in [0.29, 0.717) is 27.3 Å². The summed E-state index contributed by atoms with van der Waals surface area (Å²) in [4.78, 5) is 24.0. The van der Waals surface area contributed by atoms with Crippen LogP contribution in [0, 0.1) is 0 Å². The van der Waals surface area contributed by atoms with Crippen molar-refractivity contribution in [2.75, 3.05) is 5.32 Å². The number of hydrogen-bond acceptors (Lipinski definition) is 5. The minimum atomic E-state index is -0.414. The fourth-order valence-electron chi connectivity index (χ4n) is 2.57. The molecule has 1 atom stereocenters. The van der Waals surface area contributed by atoms with Crippen molar-refractivity contribution >= 4 is 40.7 Å². The molecule has 3 aromatic rings.